The molecule has 1 aromatic heterocycles. The molecule has 0 radical (unpaired) electrons. The minimum atomic E-state index is -0.584. The number of hydrogen-bond acceptors (Lipinski definition) is 6. The predicted molar refractivity (Wildman–Crippen MR) is 65.2 cm³/mol. The van der Waals surface area contributed by atoms with E-state index >= 15 is 0 Å². The van der Waals surface area contributed by atoms with E-state index in [1.807, 2.05) is 31.3 Å². The van der Waals surface area contributed by atoms with Crippen molar-refractivity contribution < 1.29 is 14.1 Å². The number of carbonyl (C=O) groups excluding carboxylic acids is 1. The molecule has 1 aromatic carbocycles. The minimum Gasteiger partial charge on any atom is -0.460 e. The molecule has 0 bridgehead atoms. The maximum Gasteiger partial charge on any atom is 0.379 e. The van der Waals surface area contributed by atoms with Crippen LogP contribution in [0, 0.1) is 0 Å². The van der Waals surface area contributed by atoms with E-state index < -0.39 is 5.97 Å². The van der Waals surface area contributed by atoms with E-state index in [2.05, 4.69) is 15.5 Å². The van der Waals surface area contributed by atoms with Crippen molar-refractivity contribution in [1.29, 1.82) is 0 Å². The zero-order valence-electron chi connectivity index (χ0n) is 10.1. The van der Waals surface area contributed by atoms with Crippen molar-refractivity contribution in [3.05, 3.63) is 30.1 Å². The quantitative estimate of drug-likeness (QED) is 0.832. The molecule has 0 amide bonds. The molecule has 6 heteroatoms. The van der Waals surface area contributed by atoms with Gasteiger partial charge in [-0.15, -0.1) is 0 Å². The Kier molecular flexibility index (Phi) is 3.57. The Hall–Kier alpha value is -2.37. The molecule has 0 spiro atoms. The second-order valence-corrected chi connectivity index (χ2v) is 3.47. The highest BCUT2D eigenvalue weighted by molar-refractivity contribution is 5.85. The highest BCUT2D eigenvalue weighted by atomic mass is 16.5. The topological polar surface area (TPSA) is 77.2 Å². The Labute approximate surface area is 104 Å². The van der Waals surface area contributed by atoms with Gasteiger partial charge in [-0.3, -0.25) is 0 Å². The highest BCUT2D eigenvalue weighted by Crippen LogP contribution is 2.19. The number of benzene rings is 1. The van der Waals surface area contributed by atoms with Crippen LogP contribution in [0.15, 0.2) is 28.8 Å². The summed E-state index contributed by atoms with van der Waals surface area (Å²) in [5.74, 6) is -0.357. The molecule has 1 heterocycles. The van der Waals surface area contributed by atoms with Crippen LogP contribution in [0.1, 0.15) is 17.5 Å². The van der Waals surface area contributed by atoms with Gasteiger partial charge in [-0.25, -0.2) is 4.79 Å². The summed E-state index contributed by atoms with van der Waals surface area (Å²) in [7, 11) is 1.83. The van der Waals surface area contributed by atoms with Crippen LogP contribution >= 0.6 is 0 Å². The second kappa shape index (κ2) is 5.31. The van der Waals surface area contributed by atoms with E-state index in [0.717, 1.165) is 11.3 Å². The Morgan fingerprint density at radius 2 is 2.11 bits per heavy atom. The van der Waals surface area contributed by atoms with Crippen LogP contribution in [-0.4, -0.2) is 29.8 Å². The van der Waals surface area contributed by atoms with Crippen molar-refractivity contribution >= 4 is 11.7 Å². The second-order valence-electron chi connectivity index (χ2n) is 3.47. The molecule has 0 fully saturated rings. The molecule has 2 aromatic rings. The van der Waals surface area contributed by atoms with Crippen molar-refractivity contribution in [3.8, 4) is 11.5 Å². The van der Waals surface area contributed by atoms with Gasteiger partial charge in [0.15, 0.2) is 0 Å². The van der Waals surface area contributed by atoms with Gasteiger partial charge < -0.3 is 14.6 Å². The summed E-state index contributed by atoms with van der Waals surface area (Å²) < 4.78 is 9.79. The van der Waals surface area contributed by atoms with Crippen LogP contribution < -0.4 is 5.32 Å². The number of esters is 1. The third-order valence-electron chi connectivity index (χ3n) is 2.30. The van der Waals surface area contributed by atoms with Crippen molar-refractivity contribution in [3.63, 3.8) is 0 Å². The average molecular weight is 247 g/mol. The van der Waals surface area contributed by atoms with Crippen molar-refractivity contribution in [1.82, 2.24) is 10.1 Å². The van der Waals surface area contributed by atoms with Crippen LogP contribution in [0.3, 0.4) is 0 Å². The minimum absolute atomic E-state index is 0.0652. The molecule has 2 rings (SSSR count). The first kappa shape index (κ1) is 12.1. The van der Waals surface area contributed by atoms with Crippen LogP contribution in [0.4, 0.5) is 5.69 Å². The van der Waals surface area contributed by atoms with Crippen LogP contribution in [0.25, 0.3) is 11.5 Å². The van der Waals surface area contributed by atoms with Crippen LogP contribution in [-0.2, 0) is 4.74 Å². The van der Waals surface area contributed by atoms with Crippen molar-refractivity contribution in [2.75, 3.05) is 19.0 Å². The third kappa shape index (κ3) is 2.48. The van der Waals surface area contributed by atoms with E-state index in [-0.39, 0.29) is 12.4 Å². The van der Waals surface area contributed by atoms with E-state index in [0.29, 0.717) is 5.89 Å². The SMILES string of the molecule is CCOC(=O)c1noc(-c2ccc(NC)cc2)n1. The molecular formula is C12H13N3O3. The standard InChI is InChI=1S/C12H13N3O3/c1-3-17-12(16)10-14-11(18-15-10)8-4-6-9(13-2)7-5-8/h4-7,13H,3H2,1-2H3. The normalized spacial score (nSPS) is 10.1. The lowest BCUT2D eigenvalue weighted by atomic mass is 10.2. The summed E-state index contributed by atoms with van der Waals surface area (Å²) in [5.41, 5.74) is 1.72. The molecule has 1 N–H and O–H groups in total. The molecule has 6 nitrogen and oxygen atoms in total. The van der Waals surface area contributed by atoms with Crippen LogP contribution in [0.2, 0.25) is 0 Å². The fraction of sp³-hybridized carbons (Fsp3) is 0.250. The lowest BCUT2D eigenvalue weighted by Crippen LogP contribution is -2.06. The van der Waals surface area contributed by atoms with Gasteiger partial charge in [0.05, 0.1) is 6.61 Å². The zero-order valence-corrected chi connectivity index (χ0v) is 10.1. The largest absolute Gasteiger partial charge is 0.460 e. The summed E-state index contributed by atoms with van der Waals surface area (Å²) in [5, 5.41) is 6.58. The molecular weight excluding hydrogens is 234 g/mol. The summed E-state index contributed by atoms with van der Waals surface area (Å²) in [6, 6.07) is 7.41. The number of ether oxygens (including phenoxy) is 1. The van der Waals surface area contributed by atoms with Crippen LogP contribution in [0.5, 0.6) is 0 Å². The maximum atomic E-state index is 11.4. The smallest absolute Gasteiger partial charge is 0.379 e. The Bertz CT molecular complexity index is 534. The zero-order chi connectivity index (χ0) is 13.0. The van der Waals surface area contributed by atoms with E-state index in [1.165, 1.54) is 0 Å². The number of rotatable bonds is 4. The van der Waals surface area contributed by atoms with E-state index in [4.69, 9.17) is 9.26 Å². The summed E-state index contributed by atoms with van der Waals surface area (Å²) >= 11 is 0. The molecule has 0 saturated carbocycles. The number of nitrogens with one attached hydrogen (secondary N) is 1. The molecule has 0 aliphatic rings. The Morgan fingerprint density at radius 3 is 2.72 bits per heavy atom. The van der Waals surface area contributed by atoms with Gasteiger partial charge >= 0.3 is 5.97 Å². The van der Waals surface area contributed by atoms with Gasteiger partial charge in [-0.2, -0.15) is 4.98 Å². The lowest BCUT2D eigenvalue weighted by molar-refractivity contribution is 0.0508. The Balaban J connectivity index is 2.20. The maximum absolute atomic E-state index is 11.4. The first-order valence-corrected chi connectivity index (χ1v) is 5.53. The van der Waals surface area contributed by atoms with Gasteiger partial charge in [0, 0.05) is 18.3 Å². The molecule has 0 atom stereocenters. The molecule has 0 aliphatic carbocycles. The van der Waals surface area contributed by atoms with E-state index in [9.17, 15) is 4.79 Å². The first-order chi connectivity index (χ1) is 8.74. The third-order valence-corrected chi connectivity index (χ3v) is 2.30. The fourth-order valence-corrected chi connectivity index (χ4v) is 1.40. The van der Waals surface area contributed by atoms with E-state index in [1.54, 1.807) is 6.92 Å². The number of aromatic nitrogens is 2. The number of nitrogens with zero attached hydrogens (tertiary/aromatic N) is 2. The van der Waals surface area contributed by atoms with Gasteiger partial charge in [-0.05, 0) is 36.3 Å². The van der Waals surface area contributed by atoms with Gasteiger partial charge in [-0.1, -0.05) is 0 Å². The number of carbonyl (C=O) groups is 1. The van der Waals surface area contributed by atoms with Gasteiger partial charge in [0.25, 0.3) is 11.7 Å². The molecule has 18 heavy (non-hydrogen) atoms. The predicted octanol–water partition coefficient (Wildman–Crippen LogP) is 1.95. The monoisotopic (exact) mass is 247 g/mol. The number of hydrogen-bond donors (Lipinski definition) is 1. The molecule has 0 unspecified atom stereocenters. The summed E-state index contributed by atoms with van der Waals surface area (Å²) in [6.45, 7) is 1.99. The molecule has 0 aliphatic heterocycles. The lowest BCUT2D eigenvalue weighted by Gasteiger charge is -1.99. The number of anilines is 1. The fourth-order valence-electron chi connectivity index (χ4n) is 1.40. The van der Waals surface area contributed by atoms with Gasteiger partial charge in [0.1, 0.15) is 0 Å². The van der Waals surface area contributed by atoms with Crippen molar-refractivity contribution in [2.24, 2.45) is 0 Å². The molecule has 0 saturated heterocycles. The first-order valence-electron chi connectivity index (χ1n) is 5.53. The van der Waals surface area contributed by atoms with Gasteiger partial charge in [0.2, 0.25) is 0 Å². The van der Waals surface area contributed by atoms with Crippen molar-refractivity contribution in [2.45, 2.75) is 6.92 Å². The summed E-state index contributed by atoms with van der Waals surface area (Å²) in [4.78, 5) is 15.4. The highest BCUT2D eigenvalue weighted by Gasteiger charge is 2.16. The molecule has 94 valence electrons. The Morgan fingerprint density at radius 1 is 1.39 bits per heavy atom. The summed E-state index contributed by atoms with van der Waals surface area (Å²) in [6.07, 6.45) is 0. The average Bonchev–Trinajstić information content (AvgIpc) is 2.89.